The van der Waals surface area contributed by atoms with Gasteiger partial charge in [0, 0.05) is 36.4 Å². The van der Waals surface area contributed by atoms with E-state index in [0.29, 0.717) is 35.8 Å². The molecule has 1 saturated heterocycles. The average Bonchev–Trinajstić information content (AvgIpc) is 3.24. The number of amides is 2. The second kappa shape index (κ2) is 8.53. The van der Waals surface area contributed by atoms with Crippen LogP contribution in [-0.2, 0) is 16.1 Å². The summed E-state index contributed by atoms with van der Waals surface area (Å²) in [7, 11) is 0. The summed E-state index contributed by atoms with van der Waals surface area (Å²) in [5, 5.41) is 0.866. The van der Waals surface area contributed by atoms with Crippen molar-refractivity contribution in [2.75, 3.05) is 25.4 Å². The lowest BCUT2D eigenvalue weighted by molar-refractivity contribution is -0.136. The SMILES string of the molecule is CC(C)(C)OC(=O)N1CCN(Cc2nc3c([nH]2)c(N)nc2cc(-c4cccnc4)ccc23)C(=O)C1. The number of carbonyl (C=O) groups is 2. The first-order valence-electron chi connectivity index (χ1n) is 11.4. The number of carbonyl (C=O) groups excluding carboxylic acids is 2. The maximum Gasteiger partial charge on any atom is 0.410 e. The van der Waals surface area contributed by atoms with E-state index < -0.39 is 11.7 Å². The Balaban J connectivity index is 1.37. The molecular formula is C25H27N7O3. The van der Waals surface area contributed by atoms with Crippen LogP contribution in [0.2, 0.25) is 0 Å². The molecule has 0 bridgehead atoms. The Morgan fingerprint density at radius 3 is 2.71 bits per heavy atom. The predicted molar refractivity (Wildman–Crippen MR) is 132 cm³/mol. The van der Waals surface area contributed by atoms with Crippen molar-refractivity contribution in [3.63, 3.8) is 0 Å². The van der Waals surface area contributed by atoms with Crippen molar-refractivity contribution in [2.45, 2.75) is 32.9 Å². The van der Waals surface area contributed by atoms with Gasteiger partial charge >= 0.3 is 6.09 Å². The quantitative estimate of drug-likeness (QED) is 0.467. The van der Waals surface area contributed by atoms with Crippen molar-refractivity contribution in [1.29, 1.82) is 0 Å². The Bertz CT molecular complexity index is 1430. The van der Waals surface area contributed by atoms with Crippen LogP contribution < -0.4 is 5.73 Å². The minimum Gasteiger partial charge on any atom is -0.444 e. The molecule has 0 radical (unpaired) electrons. The van der Waals surface area contributed by atoms with E-state index in [1.54, 1.807) is 38.1 Å². The monoisotopic (exact) mass is 473 g/mol. The maximum absolute atomic E-state index is 12.7. The van der Waals surface area contributed by atoms with Crippen LogP contribution in [0, 0.1) is 0 Å². The van der Waals surface area contributed by atoms with E-state index in [9.17, 15) is 9.59 Å². The Labute approximate surface area is 202 Å². The number of aromatic amines is 1. The van der Waals surface area contributed by atoms with Gasteiger partial charge in [-0.1, -0.05) is 12.1 Å². The molecule has 1 fully saturated rings. The van der Waals surface area contributed by atoms with Crippen molar-refractivity contribution in [3.05, 3.63) is 48.5 Å². The summed E-state index contributed by atoms with van der Waals surface area (Å²) in [5.74, 6) is 0.784. The molecule has 10 nitrogen and oxygen atoms in total. The van der Waals surface area contributed by atoms with E-state index in [2.05, 4.69) is 15.0 Å². The topological polar surface area (TPSA) is 130 Å². The molecule has 0 saturated carbocycles. The Hall–Kier alpha value is -4.21. The molecule has 180 valence electrons. The highest BCUT2D eigenvalue weighted by Crippen LogP contribution is 2.30. The molecule has 3 aromatic heterocycles. The number of imidazole rings is 1. The molecule has 35 heavy (non-hydrogen) atoms. The highest BCUT2D eigenvalue weighted by molar-refractivity contribution is 6.07. The molecule has 5 rings (SSSR count). The van der Waals surface area contributed by atoms with Crippen molar-refractivity contribution in [1.82, 2.24) is 29.7 Å². The molecule has 0 spiro atoms. The number of nitrogens with zero attached hydrogens (tertiary/aromatic N) is 5. The number of aromatic nitrogens is 4. The number of piperazine rings is 1. The number of ether oxygens (including phenoxy) is 1. The summed E-state index contributed by atoms with van der Waals surface area (Å²) in [6, 6.07) is 9.82. The summed E-state index contributed by atoms with van der Waals surface area (Å²) in [5.41, 5.74) is 9.70. The van der Waals surface area contributed by atoms with Crippen molar-refractivity contribution < 1.29 is 14.3 Å². The summed E-state index contributed by atoms with van der Waals surface area (Å²) < 4.78 is 5.38. The van der Waals surface area contributed by atoms with E-state index in [0.717, 1.165) is 22.0 Å². The van der Waals surface area contributed by atoms with E-state index in [4.69, 9.17) is 15.5 Å². The highest BCUT2D eigenvalue weighted by Gasteiger charge is 2.30. The molecule has 1 aliphatic rings. The fourth-order valence-corrected chi connectivity index (χ4v) is 4.14. The average molecular weight is 474 g/mol. The van der Waals surface area contributed by atoms with Gasteiger partial charge in [-0.15, -0.1) is 0 Å². The second-order valence-electron chi connectivity index (χ2n) is 9.59. The summed E-state index contributed by atoms with van der Waals surface area (Å²) in [4.78, 5) is 44.9. The highest BCUT2D eigenvalue weighted by atomic mass is 16.6. The van der Waals surface area contributed by atoms with E-state index >= 15 is 0 Å². The third-order valence-corrected chi connectivity index (χ3v) is 5.81. The number of nitrogens with two attached hydrogens (primary N) is 1. The van der Waals surface area contributed by atoms with Crippen molar-refractivity contribution in [2.24, 2.45) is 0 Å². The van der Waals surface area contributed by atoms with Crippen LogP contribution in [0.3, 0.4) is 0 Å². The van der Waals surface area contributed by atoms with Crippen molar-refractivity contribution >= 4 is 39.8 Å². The van der Waals surface area contributed by atoms with Crippen LogP contribution in [0.1, 0.15) is 26.6 Å². The van der Waals surface area contributed by atoms with Gasteiger partial charge in [0.15, 0.2) is 0 Å². The van der Waals surface area contributed by atoms with Gasteiger partial charge in [-0.05, 0) is 44.5 Å². The van der Waals surface area contributed by atoms with Crippen LogP contribution in [0.25, 0.3) is 33.1 Å². The lowest BCUT2D eigenvalue weighted by Crippen LogP contribution is -2.52. The number of fused-ring (bicyclic) bond motifs is 3. The summed E-state index contributed by atoms with van der Waals surface area (Å²) in [6.45, 7) is 6.43. The standard InChI is InChI=1S/C25H27N7O3/c1-25(2,3)35-24(34)32-10-9-31(20(33)14-32)13-19-29-21-17-7-6-15(16-5-4-8-27-12-16)11-18(17)28-23(26)22(21)30-19/h4-8,11-12H,9-10,13-14H2,1-3H3,(H2,26,28)(H,29,30). The third-order valence-electron chi connectivity index (χ3n) is 5.81. The Morgan fingerprint density at radius 1 is 1.17 bits per heavy atom. The molecule has 0 aliphatic carbocycles. The number of anilines is 1. The number of benzene rings is 1. The number of rotatable bonds is 3. The first kappa shape index (κ1) is 22.6. The maximum atomic E-state index is 12.7. The normalized spacial score (nSPS) is 14.7. The first-order chi connectivity index (χ1) is 16.7. The zero-order valence-electron chi connectivity index (χ0n) is 19.9. The van der Waals surface area contributed by atoms with Gasteiger partial charge in [-0.25, -0.2) is 14.8 Å². The molecule has 4 aromatic rings. The molecular weight excluding hydrogens is 446 g/mol. The summed E-state index contributed by atoms with van der Waals surface area (Å²) >= 11 is 0. The van der Waals surface area contributed by atoms with Crippen molar-refractivity contribution in [3.8, 4) is 11.1 Å². The molecule has 2 amide bonds. The Morgan fingerprint density at radius 2 is 2.00 bits per heavy atom. The second-order valence-corrected chi connectivity index (χ2v) is 9.59. The molecule has 1 aromatic carbocycles. The summed E-state index contributed by atoms with van der Waals surface area (Å²) in [6.07, 6.45) is 3.05. The van der Waals surface area contributed by atoms with Crippen LogP contribution in [0.5, 0.6) is 0 Å². The molecule has 3 N–H and O–H groups in total. The number of hydrogen-bond acceptors (Lipinski definition) is 7. The number of H-pyrrole nitrogens is 1. The number of hydrogen-bond donors (Lipinski definition) is 2. The number of nitrogens with one attached hydrogen (secondary N) is 1. The fraction of sp³-hybridized carbons (Fsp3) is 0.320. The molecule has 4 heterocycles. The van der Waals surface area contributed by atoms with Gasteiger partial charge in [0.25, 0.3) is 0 Å². The minimum absolute atomic E-state index is 0.0289. The molecule has 0 unspecified atom stereocenters. The molecule has 10 heteroatoms. The van der Waals surface area contributed by atoms with Gasteiger partial charge in [-0.2, -0.15) is 0 Å². The Kier molecular flexibility index (Phi) is 5.50. The first-order valence-corrected chi connectivity index (χ1v) is 11.4. The smallest absolute Gasteiger partial charge is 0.410 e. The zero-order valence-corrected chi connectivity index (χ0v) is 19.9. The third kappa shape index (κ3) is 4.59. The minimum atomic E-state index is -0.610. The lowest BCUT2D eigenvalue weighted by Gasteiger charge is -2.34. The van der Waals surface area contributed by atoms with E-state index in [1.807, 2.05) is 30.3 Å². The molecule has 1 aliphatic heterocycles. The van der Waals surface area contributed by atoms with Crippen LogP contribution in [-0.4, -0.2) is 67.0 Å². The fourth-order valence-electron chi connectivity index (χ4n) is 4.14. The van der Waals surface area contributed by atoms with E-state index in [-0.39, 0.29) is 19.0 Å². The zero-order chi connectivity index (χ0) is 24.7. The van der Waals surface area contributed by atoms with Gasteiger partial charge in [0.1, 0.15) is 34.8 Å². The van der Waals surface area contributed by atoms with Gasteiger partial charge in [-0.3, -0.25) is 14.7 Å². The number of pyridine rings is 2. The van der Waals surface area contributed by atoms with Gasteiger partial charge in [0.2, 0.25) is 5.91 Å². The van der Waals surface area contributed by atoms with Crippen LogP contribution >= 0.6 is 0 Å². The van der Waals surface area contributed by atoms with Gasteiger partial charge in [0.05, 0.1) is 12.1 Å². The number of nitrogen functional groups attached to an aromatic ring is 1. The van der Waals surface area contributed by atoms with E-state index in [1.165, 1.54) is 4.90 Å². The predicted octanol–water partition coefficient (Wildman–Crippen LogP) is 3.33. The van der Waals surface area contributed by atoms with Gasteiger partial charge < -0.3 is 20.4 Å². The van der Waals surface area contributed by atoms with Crippen LogP contribution in [0.15, 0.2) is 42.7 Å². The lowest BCUT2D eigenvalue weighted by atomic mass is 10.0. The largest absolute Gasteiger partial charge is 0.444 e. The molecule has 0 atom stereocenters. The van der Waals surface area contributed by atoms with Crippen LogP contribution in [0.4, 0.5) is 10.6 Å².